The van der Waals surface area contributed by atoms with Crippen molar-refractivity contribution in [1.82, 2.24) is 19.3 Å². The monoisotopic (exact) mass is 895 g/mol. The van der Waals surface area contributed by atoms with Crippen molar-refractivity contribution >= 4 is 21.8 Å². The molecule has 6 heteroatoms. The van der Waals surface area contributed by atoms with E-state index in [1.165, 1.54) is 99.4 Å². The van der Waals surface area contributed by atoms with Gasteiger partial charge in [0.25, 0.3) is 0 Å². The van der Waals surface area contributed by atoms with E-state index < -0.39 is 0 Å². The van der Waals surface area contributed by atoms with Crippen LogP contribution in [0.2, 0.25) is 0 Å². The van der Waals surface area contributed by atoms with E-state index in [-0.39, 0.29) is 21.1 Å². The summed E-state index contributed by atoms with van der Waals surface area (Å²) in [6.07, 6.45) is 19.7. The minimum absolute atomic E-state index is 0. The summed E-state index contributed by atoms with van der Waals surface area (Å²) in [6.45, 7) is 9.15. The Morgan fingerprint density at radius 1 is 0.741 bits per heavy atom. The predicted octanol–water partition coefficient (Wildman–Crippen LogP) is 12.9. The van der Waals surface area contributed by atoms with Crippen LogP contribution in [0.15, 0.2) is 78.5 Å². The van der Waals surface area contributed by atoms with Crippen molar-refractivity contribution in [3.8, 4) is 23.0 Å². The number of hydrogen-bond acceptors (Lipinski definition) is 3. The van der Waals surface area contributed by atoms with E-state index in [4.69, 9.17) is 14.8 Å². The Kier molecular flexibility index (Phi) is 10.7. The average molecular weight is 896 g/mol. The van der Waals surface area contributed by atoms with Crippen LogP contribution in [0.4, 0.5) is 0 Å². The Morgan fingerprint density at radius 3 is 2.26 bits per heavy atom. The fraction of sp³-hybridized carbons (Fsp3) is 0.417. The minimum Gasteiger partial charge on any atom is -0.509 e. The Hall–Kier alpha value is -3.95. The van der Waals surface area contributed by atoms with Gasteiger partial charge in [-0.15, -0.1) is 35.7 Å². The number of fused-ring (bicyclic) bond motifs is 3. The van der Waals surface area contributed by atoms with Crippen LogP contribution in [0, 0.1) is 31.9 Å². The Labute approximate surface area is 335 Å². The maximum Gasteiger partial charge on any atom is 2.00 e. The molecule has 0 radical (unpaired) electrons. The van der Waals surface area contributed by atoms with E-state index in [2.05, 4.69) is 104 Å². The summed E-state index contributed by atoms with van der Waals surface area (Å²) in [5.41, 5.74) is 11.3. The molecule has 0 spiro atoms. The summed E-state index contributed by atoms with van der Waals surface area (Å²) in [7, 11) is 0. The molecule has 3 aromatic carbocycles. The molecule has 3 aliphatic rings. The predicted molar refractivity (Wildman–Crippen MR) is 216 cm³/mol. The van der Waals surface area contributed by atoms with Crippen molar-refractivity contribution in [3.63, 3.8) is 0 Å². The van der Waals surface area contributed by atoms with E-state index in [0.717, 1.165) is 33.5 Å². The van der Waals surface area contributed by atoms with E-state index in [1.54, 1.807) is 11.1 Å². The maximum absolute atomic E-state index is 6.73. The van der Waals surface area contributed by atoms with Crippen LogP contribution in [-0.4, -0.2) is 19.3 Å². The average Bonchev–Trinajstić information content (AvgIpc) is 3.72. The van der Waals surface area contributed by atoms with Crippen molar-refractivity contribution in [2.75, 3.05) is 0 Å². The molecule has 0 bridgehead atoms. The van der Waals surface area contributed by atoms with E-state index >= 15 is 0 Å². The first-order chi connectivity index (χ1) is 25.9. The summed E-state index contributed by atoms with van der Waals surface area (Å²) >= 11 is 0. The zero-order chi connectivity index (χ0) is 36.1. The van der Waals surface area contributed by atoms with Crippen molar-refractivity contribution < 1.29 is 25.8 Å². The van der Waals surface area contributed by atoms with Crippen molar-refractivity contribution in [3.05, 3.63) is 119 Å². The quantitative estimate of drug-likeness (QED) is 0.118. The van der Waals surface area contributed by atoms with Crippen LogP contribution in [0.3, 0.4) is 0 Å². The number of ether oxygens (including phenoxy) is 1. The van der Waals surface area contributed by atoms with Gasteiger partial charge in [0.15, 0.2) is 0 Å². The normalized spacial score (nSPS) is 19.9. The Morgan fingerprint density at radius 2 is 1.50 bits per heavy atom. The standard InChI is InChI=1S/C48H52N4O.Pt/c1-31-24-25-49-44(28-31)51-42-21-12-11-20-40(42)41-23-22-38(30-43(41)51)53-39-27-32(2)26-37(29-39)52-48(36-18-9-6-10-19-36)46(45-33(3)14-13-15-34(45)4)47(50-52)35-16-7-5-8-17-35;/h11-12,14,20-28,34-36,45H,5-10,13,15-19H2,1-4H3;/q-2;+2/t34-,45?;/m0./s1. The van der Waals surface area contributed by atoms with Gasteiger partial charge >= 0.3 is 21.1 Å². The second-order valence-electron chi connectivity index (χ2n) is 16.4. The Balaban J connectivity index is 0.00000413. The van der Waals surface area contributed by atoms with Gasteiger partial charge in [0, 0.05) is 52.2 Å². The number of para-hydroxylation sites is 1. The molecule has 280 valence electrons. The summed E-state index contributed by atoms with van der Waals surface area (Å²) in [5.74, 6) is 4.32. The van der Waals surface area contributed by atoms with E-state index in [0.29, 0.717) is 35.2 Å². The smallest absolute Gasteiger partial charge is 0.509 e. The molecule has 2 fully saturated rings. The summed E-state index contributed by atoms with van der Waals surface area (Å²) in [4.78, 5) is 4.77. The minimum atomic E-state index is 0. The number of hydrogen-bond donors (Lipinski definition) is 0. The van der Waals surface area contributed by atoms with Crippen LogP contribution in [0.5, 0.6) is 11.5 Å². The van der Waals surface area contributed by atoms with Crippen molar-refractivity contribution in [2.24, 2.45) is 5.92 Å². The van der Waals surface area contributed by atoms with Crippen molar-refractivity contribution in [1.29, 1.82) is 0 Å². The molecular weight excluding hydrogens is 844 g/mol. The molecule has 2 saturated carbocycles. The molecule has 0 amide bonds. The maximum atomic E-state index is 6.73. The fourth-order valence-corrected chi connectivity index (χ4v) is 10.0. The summed E-state index contributed by atoms with van der Waals surface area (Å²) in [5, 5.41) is 8.02. The van der Waals surface area contributed by atoms with Gasteiger partial charge in [-0.2, -0.15) is 16.7 Å². The molecule has 3 heterocycles. The van der Waals surface area contributed by atoms with Crippen LogP contribution in [0.25, 0.3) is 33.3 Å². The molecule has 2 atom stereocenters. The van der Waals surface area contributed by atoms with Gasteiger partial charge in [-0.3, -0.25) is 4.68 Å². The second kappa shape index (κ2) is 15.7. The third-order valence-corrected chi connectivity index (χ3v) is 12.5. The molecule has 0 N–H and O–H groups in total. The molecule has 1 unspecified atom stereocenters. The van der Waals surface area contributed by atoms with Crippen LogP contribution >= 0.6 is 0 Å². The third kappa shape index (κ3) is 6.91. The number of benzene rings is 3. The van der Waals surface area contributed by atoms with Gasteiger partial charge < -0.3 is 9.30 Å². The third-order valence-electron chi connectivity index (χ3n) is 12.5. The van der Waals surface area contributed by atoms with Gasteiger partial charge in [0.2, 0.25) is 0 Å². The molecule has 0 aliphatic heterocycles. The second-order valence-corrected chi connectivity index (χ2v) is 16.4. The number of pyridine rings is 1. The molecule has 0 saturated heterocycles. The fourth-order valence-electron chi connectivity index (χ4n) is 10.0. The number of aromatic nitrogens is 4. The van der Waals surface area contributed by atoms with Crippen LogP contribution < -0.4 is 4.74 Å². The number of allylic oxidation sites excluding steroid dienone is 2. The molecule has 6 aromatic rings. The SMILES string of the molecule is CC1=CCC[C@H](C)C1c1c(C2CCCCC2)nn(-c2[c-]c(Oc3[c-]c4c(cc3)c3ccccc3n4-c3cc(C)ccn3)cc(C)c2)c1C1CCCCC1.[Pt+2]. The first kappa shape index (κ1) is 37.0. The Bertz CT molecular complexity index is 2320. The number of aryl methyl sites for hydroxylation is 2. The van der Waals surface area contributed by atoms with E-state index in [1.807, 2.05) is 18.3 Å². The zero-order valence-corrected chi connectivity index (χ0v) is 34.5. The van der Waals surface area contributed by atoms with Gasteiger partial charge in [0.05, 0.1) is 5.69 Å². The summed E-state index contributed by atoms with van der Waals surface area (Å²) < 4.78 is 11.3. The molecule has 54 heavy (non-hydrogen) atoms. The number of nitrogens with zero attached hydrogens (tertiary/aromatic N) is 4. The van der Waals surface area contributed by atoms with Gasteiger partial charge in [-0.25, -0.2) is 4.98 Å². The largest absolute Gasteiger partial charge is 2.00 e. The van der Waals surface area contributed by atoms with Gasteiger partial charge in [-0.05, 0) is 93.1 Å². The molecule has 3 aliphatic carbocycles. The van der Waals surface area contributed by atoms with Gasteiger partial charge in [-0.1, -0.05) is 87.7 Å². The zero-order valence-electron chi connectivity index (χ0n) is 32.2. The van der Waals surface area contributed by atoms with E-state index in [9.17, 15) is 0 Å². The first-order valence-corrected chi connectivity index (χ1v) is 20.3. The molecule has 3 aromatic heterocycles. The van der Waals surface area contributed by atoms with Crippen LogP contribution in [-0.2, 0) is 21.1 Å². The molecule has 9 rings (SSSR count). The molecule has 5 nitrogen and oxygen atoms in total. The number of rotatable bonds is 7. The summed E-state index contributed by atoms with van der Waals surface area (Å²) in [6, 6.07) is 28.6. The molecular formula is C48H52N4OPt. The first-order valence-electron chi connectivity index (χ1n) is 20.3. The van der Waals surface area contributed by atoms with Crippen LogP contribution in [0.1, 0.15) is 137 Å². The van der Waals surface area contributed by atoms with Crippen molar-refractivity contribution in [2.45, 2.75) is 122 Å². The topological polar surface area (TPSA) is 44.9 Å². The van der Waals surface area contributed by atoms with Gasteiger partial charge in [0.1, 0.15) is 5.82 Å².